The van der Waals surface area contributed by atoms with Crippen molar-refractivity contribution in [1.29, 1.82) is 0 Å². The van der Waals surface area contributed by atoms with Gasteiger partial charge in [-0.1, -0.05) is 6.07 Å². The predicted octanol–water partition coefficient (Wildman–Crippen LogP) is -7.12. The molecule has 0 saturated carbocycles. The van der Waals surface area contributed by atoms with E-state index < -0.39 is 0 Å². The molecule has 0 heterocycles. The van der Waals surface area contributed by atoms with Crippen LogP contribution in [0.5, 0.6) is 0 Å². The fraction of sp³-hybridized carbons (Fsp3) is 0. The van der Waals surface area contributed by atoms with E-state index >= 15 is 0 Å². The minimum absolute atomic E-state index is 0. The zero-order valence-electron chi connectivity index (χ0n) is 5.73. The summed E-state index contributed by atoms with van der Waals surface area (Å²) in [6.07, 6.45) is 0. The maximum absolute atomic E-state index is 3.72. The largest absolute Gasteiger partial charge is 4.00 e. The fourth-order valence-corrected chi connectivity index (χ4v) is 0.478. The normalized spacial score (nSPS) is 5.45. The van der Waals surface area contributed by atoms with Crippen LogP contribution in [-0.4, -0.2) is 0 Å². The molecule has 1 aromatic rings. The molecule has 1 aromatic carbocycles. The SMILES string of the molecule is [CH2-]c1ccccc1.[Cl-].[Cl-].[Cl-].[Ti+4]. The Morgan fingerprint density at radius 2 is 1.18 bits per heavy atom. The van der Waals surface area contributed by atoms with Crippen molar-refractivity contribution < 1.29 is 58.9 Å². The molecule has 0 aliphatic heterocycles. The minimum Gasteiger partial charge on any atom is -1.00 e. The average Bonchev–Trinajstić information content (AvgIpc) is 1.69. The van der Waals surface area contributed by atoms with Gasteiger partial charge < -0.3 is 37.2 Å². The first-order chi connectivity index (χ1) is 3.39. The van der Waals surface area contributed by atoms with E-state index in [1.807, 2.05) is 30.3 Å². The summed E-state index contributed by atoms with van der Waals surface area (Å²) in [6, 6.07) is 9.87. The number of hydrogen-bond acceptors (Lipinski definition) is 0. The molecule has 0 aliphatic carbocycles. The van der Waals surface area contributed by atoms with Gasteiger partial charge >= 0.3 is 21.7 Å². The number of benzene rings is 1. The topological polar surface area (TPSA) is 0 Å². The molecule has 0 unspecified atom stereocenters. The molecule has 1 rings (SSSR count). The molecule has 0 amide bonds. The van der Waals surface area contributed by atoms with Crippen molar-refractivity contribution in [3.63, 3.8) is 0 Å². The molecule has 0 N–H and O–H groups in total. The molecule has 11 heavy (non-hydrogen) atoms. The van der Waals surface area contributed by atoms with Crippen LogP contribution in [0.1, 0.15) is 5.56 Å². The van der Waals surface area contributed by atoms with Crippen LogP contribution < -0.4 is 37.2 Å². The van der Waals surface area contributed by atoms with E-state index in [1.54, 1.807) is 0 Å². The van der Waals surface area contributed by atoms with E-state index in [1.165, 1.54) is 0 Å². The first kappa shape index (κ1) is 22.6. The van der Waals surface area contributed by atoms with E-state index in [2.05, 4.69) is 6.92 Å². The summed E-state index contributed by atoms with van der Waals surface area (Å²) in [5.74, 6) is 0. The molecule has 0 nitrogen and oxygen atoms in total. The Hall–Kier alpha value is 0.674. The molecule has 0 radical (unpaired) electrons. The summed E-state index contributed by atoms with van der Waals surface area (Å²) in [7, 11) is 0. The quantitative estimate of drug-likeness (QED) is 0.315. The summed E-state index contributed by atoms with van der Waals surface area (Å²) in [5, 5.41) is 0. The van der Waals surface area contributed by atoms with Crippen LogP contribution in [0.3, 0.4) is 0 Å². The van der Waals surface area contributed by atoms with Gasteiger partial charge in [-0.2, -0.15) is 24.6 Å². The van der Waals surface area contributed by atoms with Crippen molar-refractivity contribution in [2.45, 2.75) is 0 Å². The van der Waals surface area contributed by atoms with Crippen molar-refractivity contribution in [2.24, 2.45) is 0 Å². The van der Waals surface area contributed by atoms with Gasteiger partial charge in [-0.3, -0.25) is 0 Å². The van der Waals surface area contributed by atoms with Gasteiger partial charge in [0.2, 0.25) is 0 Å². The Kier molecular flexibility index (Phi) is 27.3. The minimum atomic E-state index is 0. The molecule has 0 aromatic heterocycles. The maximum atomic E-state index is 3.72. The molecule has 0 spiro atoms. The first-order valence-electron chi connectivity index (χ1n) is 2.26. The number of halogens is 3. The van der Waals surface area contributed by atoms with E-state index in [0.717, 1.165) is 5.56 Å². The van der Waals surface area contributed by atoms with E-state index in [4.69, 9.17) is 0 Å². The van der Waals surface area contributed by atoms with Crippen molar-refractivity contribution in [1.82, 2.24) is 0 Å². The molecular formula is C7H7Cl3Ti. The fourth-order valence-electron chi connectivity index (χ4n) is 0.478. The van der Waals surface area contributed by atoms with Gasteiger partial charge in [0, 0.05) is 0 Å². The van der Waals surface area contributed by atoms with Crippen molar-refractivity contribution >= 4 is 0 Å². The molecule has 0 fully saturated rings. The Bertz CT molecular complexity index is 144. The molecule has 0 atom stereocenters. The predicted molar refractivity (Wildman–Crippen MR) is 30.9 cm³/mol. The zero-order chi connectivity index (χ0) is 5.11. The van der Waals surface area contributed by atoms with Gasteiger partial charge in [-0.25, -0.2) is 0 Å². The van der Waals surface area contributed by atoms with Crippen LogP contribution in [0, 0.1) is 6.92 Å². The van der Waals surface area contributed by atoms with Crippen LogP contribution >= 0.6 is 0 Å². The second-order valence-electron chi connectivity index (χ2n) is 1.49. The third-order valence-electron chi connectivity index (χ3n) is 0.843. The Morgan fingerprint density at radius 3 is 1.36 bits per heavy atom. The zero-order valence-corrected chi connectivity index (χ0v) is 9.56. The van der Waals surface area contributed by atoms with E-state index in [0.29, 0.717) is 0 Å². The van der Waals surface area contributed by atoms with Crippen LogP contribution in [0.2, 0.25) is 0 Å². The van der Waals surface area contributed by atoms with Crippen molar-refractivity contribution in [2.75, 3.05) is 0 Å². The second-order valence-corrected chi connectivity index (χ2v) is 1.49. The van der Waals surface area contributed by atoms with Crippen LogP contribution in [0.25, 0.3) is 0 Å². The smallest absolute Gasteiger partial charge is 1.00 e. The van der Waals surface area contributed by atoms with Crippen LogP contribution in [0.4, 0.5) is 0 Å². The van der Waals surface area contributed by atoms with Crippen LogP contribution in [-0.2, 0) is 21.7 Å². The molecule has 4 heteroatoms. The van der Waals surface area contributed by atoms with Gasteiger partial charge in [0.1, 0.15) is 0 Å². The number of rotatable bonds is 0. The van der Waals surface area contributed by atoms with Crippen molar-refractivity contribution in [3.05, 3.63) is 42.8 Å². The van der Waals surface area contributed by atoms with Crippen molar-refractivity contribution in [3.8, 4) is 0 Å². The Labute approximate surface area is 101 Å². The summed E-state index contributed by atoms with van der Waals surface area (Å²) in [4.78, 5) is 0. The van der Waals surface area contributed by atoms with E-state index in [-0.39, 0.29) is 58.9 Å². The standard InChI is InChI=1S/C7H7.3ClH.Ti/c1-7-5-3-2-4-6-7;;;;/h2-6H,1H2;3*1H;/q-1;;;;+4/p-3. The van der Waals surface area contributed by atoms with Crippen LogP contribution in [0.15, 0.2) is 30.3 Å². The third-order valence-corrected chi connectivity index (χ3v) is 0.843. The van der Waals surface area contributed by atoms with E-state index in [9.17, 15) is 0 Å². The monoisotopic (exact) mass is 244 g/mol. The van der Waals surface area contributed by atoms with Gasteiger partial charge in [0.15, 0.2) is 0 Å². The Morgan fingerprint density at radius 1 is 0.818 bits per heavy atom. The van der Waals surface area contributed by atoms with Gasteiger partial charge in [-0.05, 0) is 0 Å². The Balaban J connectivity index is -0.0000000612. The average molecular weight is 245 g/mol. The second kappa shape index (κ2) is 13.3. The summed E-state index contributed by atoms with van der Waals surface area (Å²) < 4.78 is 0. The summed E-state index contributed by atoms with van der Waals surface area (Å²) in [6.45, 7) is 3.72. The van der Waals surface area contributed by atoms with Gasteiger partial charge in [-0.15, -0.1) is 12.1 Å². The van der Waals surface area contributed by atoms with Gasteiger partial charge in [0.05, 0.1) is 0 Å². The summed E-state index contributed by atoms with van der Waals surface area (Å²) >= 11 is 0. The molecule has 0 aliphatic rings. The first-order valence-corrected chi connectivity index (χ1v) is 2.26. The third kappa shape index (κ3) is 10.7. The van der Waals surface area contributed by atoms with Gasteiger partial charge in [0.25, 0.3) is 0 Å². The number of hydrogen-bond donors (Lipinski definition) is 0. The molecule has 0 bridgehead atoms. The summed E-state index contributed by atoms with van der Waals surface area (Å²) in [5.41, 5.74) is 1.07. The molecule has 60 valence electrons. The molecule has 0 saturated heterocycles. The maximum Gasteiger partial charge on any atom is 4.00 e. The molecular weight excluding hydrogens is 238 g/mol.